The summed E-state index contributed by atoms with van der Waals surface area (Å²) in [6.45, 7) is 20.0. The van der Waals surface area contributed by atoms with Crippen LogP contribution in [-0.4, -0.2) is 158 Å². The minimum absolute atomic E-state index is 0.234. The fourth-order valence-electron chi connectivity index (χ4n) is 2.77. The van der Waals surface area contributed by atoms with E-state index < -0.39 is 0 Å². The lowest BCUT2D eigenvalue weighted by molar-refractivity contribution is -0.0300. The summed E-state index contributed by atoms with van der Waals surface area (Å²) in [5.41, 5.74) is 0. The second kappa shape index (κ2) is 34.7. The molecule has 0 unspecified atom stereocenters. The molecule has 0 heterocycles. The highest BCUT2D eigenvalue weighted by Crippen LogP contribution is 1.90. The van der Waals surface area contributed by atoms with Crippen molar-refractivity contribution < 1.29 is 56.8 Å². The lowest BCUT2D eigenvalue weighted by Gasteiger charge is -2.09. The number of ether oxygens (including phenoxy) is 12. The quantitative estimate of drug-likeness (QED) is 0.101. The third-order valence-corrected chi connectivity index (χ3v) is 4.71. The highest BCUT2D eigenvalue weighted by atomic mass is 16.6. The van der Waals surface area contributed by atoms with E-state index in [1.165, 1.54) is 0 Å². The van der Waals surface area contributed by atoms with Gasteiger partial charge in [-0.25, -0.2) is 0 Å². The average molecular weight is 587 g/mol. The van der Waals surface area contributed by atoms with Crippen LogP contribution < -0.4 is 0 Å². The minimum atomic E-state index is 0.234. The molecular weight excluding hydrogens is 528 g/mol. The summed E-state index contributed by atoms with van der Waals surface area (Å²) in [6, 6.07) is 0. The molecule has 0 radical (unpaired) electrons. The van der Waals surface area contributed by atoms with Crippen LogP contribution in [0.1, 0.15) is 27.7 Å². The highest BCUT2D eigenvalue weighted by molar-refractivity contribution is 4.40. The summed E-state index contributed by atoms with van der Waals surface area (Å²) >= 11 is 0. The normalized spacial score (nSPS) is 11.8. The molecule has 0 saturated carbocycles. The molecular formula is C28H58O12. The van der Waals surface area contributed by atoms with Gasteiger partial charge in [0.1, 0.15) is 0 Å². The van der Waals surface area contributed by atoms with Gasteiger partial charge in [-0.15, -0.1) is 0 Å². The summed E-state index contributed by atoms with van der Waals surface area (Å²) < 4.78 is 65.2. The fourth-order valence-corrected chi connectivity index (χ4v) is 2.77. The monoisotopic (exact) mass is 586 g/mol. The summed E-state index contributed by atoms with van der Waals surface area (Å²) in [7, 11) is 0. The molecule has 12 heteroatoms. The van der Waals surface area contributed by atoms with E-state index in [-0.39, 0.29) is 12.2 Å². The SMILES string of the molecule is CC(C)OCCOCCOCCOCCOCCOCCOCCOCCOCCOCCOCCOC(C)C. The Hall–Kier alpha value is -0.480. The van der Waals surface area contributed by atoms with Crippen LogP contribution in [0.2, 0.25) is 0 Å². The molecule has 0 N–H and O–H groups in total. The standard InChI is InChI=1S/C28H58O12/c1-27(2)39-25-23-37-21-19-35-17-15-33-13-11-31-9-7-29-5-6-30-8-10-32-12-14-34-16-18-36-20-22-38-24-26-40-28(3)4/h27-28H,5-26H2,1-4H3. The molecule has 40 heavy (non-hydrogen) atoms. The lowest BCUT2D eigenvalue weighted by Crippen LogP contribution is -2.15. The van der Waals surface area contributed by atoms with Crippen molar-refractivity contribution in [3.8, 4) is 0 Å². The molecule has 0 aromatic carbocycles. The van der Waals surface area contributed by atoms with Crippen LogP contribution in [-0.2, 0) is 56.8 Å². The van der Waals surface area contributed by atoms with E-state index in [4.69, 9.17) is 56.8 Å². The van der Waals surface area contributed by atoms with E-state index in [9.17, 15) is 0 Å². The molecule has 0 aromatic rings. The summed E-state index contributed by atoms with van der Waals surface area (Å²) in [5, 5.41) is 0. The Morgan fingerprint density at radius 2 is 0.350 bits per heavy atom. The van der Waals surface area contributed by atoms with Gasteiger partial charge in [-0.2, -0.15) is 0 Å². The third kappa shape index (κ3) is 37.5. The Labute approximate surface area is 242 Å². The maximum atomic E-state index is 5.47. The first-order chi connectivity index (χ1) is 19.6. The van der Waals surface area contributed by atoms with E-state index in [1.807, 2.05) is 27.7 Å². The first-order valence-corrected chi connectivity index (χ1v) is 14.6. The van der Waals surface area contributed by atoms with E-state index in [2.05, 4.69) is 0 Å². The Morgan fingerprint density at radius 3 is 0.475 bits per heavy atom. The van der Waals surface area contributed by atoms with E-state index in [0.29, 0.717) is 145 Å². The fraction of sp³-hybridized carbons (Fsp3) is 1.00. The number of hydrogen-bond acceptors (Lipinski definition) is 12. The molecule has 242 valence electrons. The summed E-state index contributed by atoms with van der Waals surface area (Å²) in [4.78, 5) is 0. The van der Waals surface area contributed by atoms with Crippen LogP contribution in [0.5, 0.6) is 0 Å². The largest absolute Gasteiger partial charge is 0.377 e. The van der Waals surface area contributed by atoms with Crippen molar-refractivity contribution in [2.45, 2.75) is 39.9 Å². The van der Waals surface area contributed by atoms with Crippen molar-refractivity contribution >= 4 is 0 Å². The maximum Gasteiger partial charge on any atom is 0.0703 e. The van der Waals surface area contributed by atoms with Gasteiger partial charge in [0.2, 0.25) is 0 Å². The van der Waals surface area contributed by atoms with Crippen molar-refractivity contribution in [3.63, 3.8) is 0 Å². The van der Waals surface area contributed by atoms with Gasteiger partial charge in [0, 0.05) is 0 Å². The smallest absolute Gasteiger partial charge is 0.0703 e. The van der Waals surface area contributed by atoms with Crippen LogP contribution in [0, 0.1) is 0 Å². The molecule has 0 fully saturated rings. The number of hydrogen-bond donors (Lipinski definition) is 0. The zero-order valence-corrected chi connectivity index (χ0v) is 25.6. The molecule has 0 spiro atoms. The van der Waals surface area contributed by atoms with Gasteiger partial charge in [0.25, 0.3) is 0 Å². The Bertz CT molecular complexity index is 417. The first kappa shape index (κ1) is 39.5. The summed E-state index contributed by atoms with van der Waals surface area (Å²) in [6.07, 6.45) is 0.467. The van der Waals surface area contributed by atoms with E-state index in [0.717, 1.165) is 0 Å². The molecule has 0 amide bonds. The lowest BCUT2D eigenvalue weighted by atomic mass is 10.5. The molecule has 0 bridgehead atoms. The topological polar surface area (TPSA) is 111 Å². The molecule has 0 saturated heterocycles. The highest BCUT2D eigenvalue weighted by Gasteiger charge is 1.97. The molecule has 0 aliphatic heterocycles. The van der Waals surface area contributed by atoms with Gasteiger partial charge in [-0.3, -0.25) is 0 Å². The van der Waals surface area contributed by atoms with Crippen molar-refractivity contribution in [3.05, 3.63) is 0 Å². The molecule has 12 nitrogen and oxygen atoms in total. The van der Waals surface area contributed by atoms with Crippen LogP contribution in [0.3, 0.4) is 0 Å². The van der Waals surface area contributed by atoms with Crippen LogP contribution >= 0.6 is 0 Å². The zero-order valence-electron chi connectivity index (χ0n) is 25.6. The zero-order chi connectivity index (χ0) is 29.2. The van der Waals surface area contributed by atoms with Gasteiger partial charge in [-0.05, 0) is 27.7 Å². The van der Waals surface area contributed by atoms with Crippen molar-refractivity contribution in [2.75, 3.05) is 145 Å². The first-order valence-electron chi connectivity index (χ1n) is 14.6. The average Bonchev–Trinajstić information content (AvgIpc) is 2.93. The second-order valence-corrected chi connectivity index (χ2v) is 8.96. The predicted octanol–water partition coefficient (Wildman–Crippen LogP) is 2.00. The maximum absolute atomic E-state index is 5.47. The van der Waals surface area contributed by atoms with Crippen LogP contribution in [0.15, 0.2) is 0 Å². The predicted molar refractivity (Wildman–Crippen MR) is 150 cm³/mol. The van der Waals surface area contributed by atoms with Crippen LogP contribution in [0.25, 0.3) is 0 Å². The van der Waals surface area contributed by atoms with Gasteiger partial charge in [0.15, 0.2) is 0 Å². The molecule has 0 aliphatic rings. The minimum Gasteiger partial charge on any atom is -0.377 e. The van der Waals surface area contributed by atoms with E-state index in [1.54, 1.807) is 0 Å². The van der Waals surface area contributed by atoms with Crippen molar-refractivity contribution in [2.24, 2.45) is 0 Å². The third-order valence-electron chi connectivity index (χ3n) is 4.71. The van der Waals surface area contributed by atoms with Crippen molar-refractivity contribution in [1.82, 2.24) is 0 Å². The summed E-state index contributed by atoms with van der Waals surface area (Å²) in [5.74, 6) is 0. The molecule has 0 rings (SSSR count). The molecule has 0 atom stereocenters. The molecule has 0 aliphatic carbocycles. The Kier molecular flexibility index (Phi) is 34.3. The van der Waals surface area contributed by atoms with Gasteiger partial charge in [-0.1, -0.05) is 0 Å². The van der Waals surface area contributed by atoms with Gasteiger partial charge < -0.3 is 56.8 Å². The van der Waals surface area contributed by atoms with Crippen LogP contribution in [0.4, 0.5) is 0 Å². The second-order valence-electron chi connectivity index (χ2n) is 8.96. The Morgan fingerprint density at radius 1 is 0.225 bits per heavy atom. The number of rotatable bonds is 35. The van der Waals surface area contributed by atoms with E-state index >= 15 is 0 Å². The Balaban J connectivity index is 3.03. The van der Waals surface area contributed by atoms with Crippen molar-refractivity contribution in [1.29, 1.82) is 0 Å². The molecule has 0 aromatic heterocycles. The van der Waals surface area contributed by atoms with Gasteiger partial charge in [0.05, 0.1) is 158 Å². The van der Waals surface area contributed by atoms with Gasteiger partial charge >= 0.3 is 0 Å².